The highest BCUT2D eigenvalue weighted by Gasteiger charge is 2.11. The van der Waals surface area contributed by atoms with Crippen molar-refractivity contribution in [3.05, 3.63) is 42.5 Å². The van der Waals surface area contributed by atoms with Crippen molar-refractivity contribution in [3.8, 4) is 5.88 Å². The molecule has 2 aromatic rings. The first-order valence-corrected chi connectivity index (χ1v) is 6.08. The third-order valence-corrected chi connectivity index (χ3v) is 2.49. The van der Waals surface area contributed by atoms with Crippen LogP contribution in [0.2, 0.25) is 0 Å². The quantitative estimate of drug-likeness (QED) is 0.754. The van der Waals surface area contributed by atoms with Gasteiger partial charge in [0, 0.05) is 31.7 Å². The molecular formula is C13H15N5O2. The number of rotatable bonds is 6. The smallest absolute Gasteiger partial charge is 0.256 e. The van der Waals surface area contributed by atoms with Crippen molar-refractivity contribution in [2.45, 2.75) is 0 Å². The number of amides is 1. The largest absolute Gasteiger partial charge is 0.480 e. The van der Waals surface area contributed by atoms with E-state index in [0.29, 0.717) is 30.4 Å². The first-order valence-electron chi connectivity index (χ1n) is 6.08. The van der Waals surface area contributed by atoms with Gasteiger partial charge in [0.2, 0.25) is 5.88 Å². The van der Waals surface area contributed by atoms with Crippen LogP contribution in [0.15, 0.2) is 36.9 Å². The highest BCUT2D eigenvalue weighted by Crippen LogP contribution is 2.12. The van der Waals surface area contributed by atoms with Gasteiger partial charge in [0.1, 0.15) is 11.4 Å². The maximum absolute atomic E-state index is 11.9. The van der Waals surface area contributed by atoms with E-state index in [4.69, 9.17) is 4.74 Å². The fourth-order valence-electron chi connectivity index (χ4n) is 1.58. The van der Waals surface area contributed by atoms with Crippen LogP contribution >= 0.6 is 0 Å². The molecule has 1 amide bonds. The number of pyridine rings is 1. The van der Waals surface area contributed by atoms with Crippen molar-refractivity contribution in [2.24, 2.45) is 0 Å². The van der Waals surface area contributed by atoms with E-state index in [0.717, 1.165) is 0 Å². The van der Waals surface area contributed by atoms with Crippen LogP contribution in [0.5, 0.6) is 5.88 Å². The van der Waals surface area contributed by atoms with Crippen molar-refractivity contribution in [1.82, 2.24) is 20.3 Å². The molecule has 7 nitrogen and oxygen atoms in total. The van der Waals surface area contributed by atoms with E-state index in [1.807, 2.05) is 0 Å². The molecule has 0 aromatic carbocycles. The predicted molar refractivity (Wildman–Crippen MR) is 73.6 cm³/mol. The summed E-state index contributed by atoms with van der Waals surface area (Å²) in [6, 6.07) is 3.35. The molecule has 0 unspecified atom stereocenters. The summed E-state index contributed by atoms with van der Waals surface area (Å²) >= 11 is 0. The Bertz CT molecular complexity index is 562. The highest BCUT2D eigenvalue weighted by atomic mass is 16.5. The minimum atomic E-state index is -0.226. The van der Waals surface area contributed by atoms with Crippen LogP contribution in [0.1, 0.15) is 10.4 Å². The zero-order valence-corrected chi connectivity index (χ0v) is 11.0. The van der Waals surface area contributed by atoms with E-state index in [1.54, 1.807) is 36.9 Å². The fraction of sp³-hybridized carbons (Fsp3) is 0.231. The lowest BCUT2D eigenvalue weighted by Gasteiger charge is -2.08. The Morgan fingerprint density at radius 1 is 1.25 bits per heavy atom. The number of nitrogens with zero attached hydrogens (tertiary/aromatic N) is 3. The lowest BCUT2D eigenvalue weighted by atomic mass is 10.2. The lowest BCUT2D eigenvalue weighted by molar-refractivity contribution is 0.0951. The molecule has 0 radical (unpaired) electrons. The van der Waals surface area contributed by atoms with E-state index in [1.165, 1.54) is 7.11 Å². The predicted octanol–water partition coefficient (Wildman–Crippen LogP) is 0.722. The van der Waals surface area contributed by atoms with Crippen molar-refractivity contribution >= 4 is 11.7 Å². The van der Waals surface area contributed by atoms with Gasteiger partial charge in [-0.3, -0.25) is 9.78 Å². The van der Waals surface area contributed by atoms with E-state index >= 15 is 0 Å². The third-order valence-electron chi connectivity index (χ3n) is 2.49. The van der Waals surface area contributed by atoms with E-state index < -0.39 is 0 Å². The molecular weight excluding hydrogens is 258 g/mol. The summed E-state index contributed by atoms with van der Waals surface area (Å²) in [7, 11) is 1.48. The average Bonchev–Trinajstić information content (AvgIpc) is 2.52. The Labute approximate surface area is 116 Å². The second-order valence-corrected chi connectivity index (χ2v) is 3.83. The molecule has 0 aliphatic rings. The molecule has 7 heteroatoms. The average molecular weight is 273 g/mol. The van der Waals surface area contributed by atoms with Crippen LogP contribution in [-0.4, -0.2) is 41.1 Å². The number of hydrogen-bond donors (Lipinski definition) is 2. The Balaban J connectivity index is 1.81. The molecule has 104 valence electrons. The Morgan fingerprint density at radius 2 is 2.15 bits per heavy atom. The number of carbonyl (C=O) groups is 1. The van der Waals surface area contributed by atoms with Gasteiger partial charge in [-0.05, 0) is 12.1 Å². The maximum Gasteiger partial charge on any atom is 0.256 e. The Morgan fingerprint density at radius 3 is 2.90 bits per heavy atom. The van der Waals surface area contributed by atoms with Crippen LogP contribution in [0.25, 0.3) is 0 Å². The summed E-state index contributed by atoms with van der Waals surface area (Å²) in [6.45, 7) is 1.00. The zero-order chi connectivity index (χ0) is 14.2. The molecule has 0 atom stereocenters. The van der Waals surface area contributed by atoms with Crippen LogP contribution < -0.4 is 15.4 Å². The molecule has 0 aliphatic heterocycles. The molecule has 0 saturated heterocycles. The van der Waals surface area contributed by atoms with Crippen LogP contribution in [-0.2, 0) is 0 Å². The molecule has 0 spiro atoms. The Kier molecular flexibility index (Phi) is 4.82. The Hall–Kier alpha value is -2.70. The topological polar surface area (TPSA) is 89.0 Å². The first-order chi connectivity index (χ1) is 9.81. The molecule has 2 aromatic heterocycles. The summed E-state index contributed by atoms with van der Waals surface area (Å²) in [6.07, 6.45) is 6.39. The molecule has 0 bridgehead atoms. The third kappa shape index (κ3) is 3.64. The second kappa shape index (κ2) is 7.03. The summed E-state index contributed by atoms with van der Waals surface area (Å²) in [5.74, 6) is 0.753. The minimum absolute atomic E-state index is 0.226. The van der Waals surface area contributed by atoms with Crippen LogP contribution in [0.3, 0.4) is 0 Å². The number of carbonyl (C=O) groups excluding carboxylic acids is 1. The summed E-state index contributed by atoms with van der Waals surface area (Å²) in [5.41, 5.74) is 0.412. The monoisotopic (exact) mass is 273 g/mol. The molecule has 20 heavy (non-hydrogen) atoms. The van der Waals surface area contributed by atoms with E-state index in [2.05, 4.69) is 25.6 Å². The van der Waals surface area contributed by atoms with Gasteiger partial charge in [0.15, 0.2) is 0 Å². The van der Waals surface area contributed by atoms with Gasteiger partial charge in [0.05, 0.1) is 13.3 Å². The molecule has 2 heterocycles. The summed E-state index contributed by atoms with van der Waals surface area (Å²) in [4.78, 5) is 23.9. The van der Waals surface area contributed by atoms with Gasteiger partial charge < -0.3 is 15.4 Å². The lowest BCUT2D eigenvalue weighted by Crippen LogP contribution is -2.29. The highest BCUT2D eigenvalue weighted by molar-refractivity contribution is 5.96. The van der Waals surface area contributed by atoms with Gasteiger partial charge >= 0.3 is 0 Å². The first kappa shape index (κ1) is 13.7. The van der Waals surface area contributed by atoms with Gasteiger partial charge in [-0.25, -0.2) is 9.97 Å². The SMILES string of the molecule is COc1ncccc1C(=O)NCCNc1cnccn1. The molecule has 0 saturated carbocycles. The van der Waals surface area contributed by atoms with Crippen molar-refractivity contribution in [1.29, 1.82) is 0 Å². The number of nitrogens with one attached hydrogen (secondary N) is 2. The summed E-state index contributed by atoms with van der Waals surface area (Å²) in [5, 5.41) is 5.82. The zero-order valence-electron chi connectivity index (χ0n) is 11.0. The van der Waals surface area contributed by atoms with Gasteiger partial charge in [-0.2, -0.15) is 0 Å². The summed E-state index contributed by atoms with van der Waals surface area (Å²) < 4.78 is 5.04. The van der Waals surface area contributed by atoms with Gasteiger partial charge in [-0.1, -0.05) is 0 Å². The molecule has 0 fully saturated rings. The van der Waals surface area contributed by atoms with E-state index in [9.17, 15) is 4.79 Å². The van der Waals surface area contributed by atoms with Crippen LogP contribution in [0.4, 0.5) is 5.82 Å². The second-order valence-electron chi connectivity index (χ2n) is 3.83. The van der Waals surface area contributed by atoms with E-state index in [-0.39, 0.29) is 5.91 Å². The normalized spacial score (nSPS) is 9.85. The molecule has 0 aliphatic carbocycles. The van der Waals surface area contributed by atoms with Crippen molar-refractivity contribution in [2.75, 3.05) is 25.5 Å². The number of anilines is 1. The van der Waals surface area contributed by atoms with Gasteiger partial charge in [-0.15, -0.1) is 0 Å². The molecule has 2 N–H and O–H groups in total. The minimum Gasteiger partial charge on any atom is -0.480 e. The fourth-order valence-corrected chi connectivity index (χ4v) is 1.58. The number of aromatic nitrogens is 3. The maximum atomic E-state index is 11.9. The number of methoxy groups -OCH3 is 1. The number of ether oxygens (including phenoxy) is 1. The van der Waals surface area contributed by atoms with Crippen molar-refractivity contribution < 1.29 is 9.53 Å². The number of hydrogen-bond acceptors (Lipinski definition) is 6. The van der Waals surface area contributed by atoms with Crippen LogP contribution in [0, 0.1) is 0 Å². The molecule has 2 rings (SSSR count). The van der Waals surface area contributed by atoms with Crippen molar-refractivity contribution in [3.63, 3.8) is 0 Å². The van der Waals surface area contributed by atoms with Gasteiger partial charge in [0.25, 0.3) is 5.91 Å². The standard InChI is InChI=1S/C13H15N5O2/c1-20-13-10(3-2-4-18-13)12(19)17-8-7-16-11-9-14-5-6-15-11/h2-6,9H,7-8H2,1H3,(H,15,16)(H,17,19).